The summed E-state index contributed by atoms with van der Waals surface area (Å²) >= 11 is 0. The zero-order chi connectivity index (χ0) is 11.0. The van der Waals surface area contributed by atoms with Crippen molar-refractivity contribution >= 4 is 5.69 Å². The van der Waals surface area contributed by atoms with E-state index in [1.807, 2.05) is 6.92 Å². The van der Waals surface area contributed by atoms with Crippen LogP contribution in [0, 0.1) is 19.7 Å². The minimum atomic E-state index is -0.432. The second-order valence-corrected chi connectivity index (χ2v) is 3.41. The molecule has 0 spiro atoms. The van der Waals surface area contributed by atoms with E-state index < -0.39 is 5.82 Å². The number of anilines is 1. The summed E-state index contributed by atoms with van der Waals surface area (Å²) in [6, 6.07) is 3.03. The monoisotopic (exact) mass is 206 g/mol. The third kappa shape index (κ3) is 1.45. The molecule has 0 saturated carbocycles. The topological polar surface area (TPSA) is 67.6 Å². The summed E-state index contributed by atoms with van der Waals surface area (Å²) in [7, 11) is 0. The number of aromatic nitrogens is 3. The van der Waals surface area contributed by atoms with Crippen LogP contribution in [0.2, 0.25) is 0 Å². The van der Waals surface area contributed by atoms with E-state index in [2.05, 4.69) is 15.4 Å². The van der Waals surface area contributed by atoms with Crippen molar-refractivity contribution in [1.82, 2.24) is 15.4 Å². The fraction of sp³-hybridized carbons (Fsp3) is 0.200. The maximum atomic E-state index is 13.3. The highest BCUT2D eigenvalue weighted by molar-refractivity contribution is 5.78. The first-order valence-corrected chi connectivity index (χ1v) is 4.53. The molecular weight excluding hydrogens is 195 g/mol. The number of hydrogen-bond donors (Lipinski definition) is 2. The van der Waals surface area contributed by atoms with Gasteiger partial charge in [0.1, 0.15) is 11.5 Å². The Morgan fingerprint density at radius 3 is 2.60 bits per heavy atom. The Balaban J connectivity index is 2.72. The summed E-state index contributed by atoms with van der Waals surface area (Å²) in [6.07, 6.45) is 0. The average molecular weight is 206 g/mol. The number of rotatable bonds is 1. The number of halogens is 1. The molecule has 0 fully saturated rings. The minimum absolute atomic E-state index is 0.118. The van der Waals surface area contributed by atoms with E-state index in [1.54, 1.807) is 13.0 Å². The molecule has 0 saturated heterocycles. The highest BCUT2D eigenvalue weighted by atomic mass is 19.1. The first kappa shape index (κ1) is 9.64. The molecule has 1 aromatic carbocycles. The molecule has 0 atom stereocenters. The van der Waals surface area contributed by atoms with Crippen molar-refractivity contribution in [3.8, 4) is 11.3 Å². The molecule has 0 aliphatic carbocycles. The zero-order valence-corrected chi connectivity index (χ0v) is 8.50. The molecule has 2 aromatic rings. The first-order chi connectivity index (χ1) is 7.11. The normalized spacial score (nSPS) is 10.6. The van der Waals surface area contributed by atoms with Crippen LogP contribution < -0.4 is 5.73 Å². The van der Waals surface area contributed by atoms with E-state index in [0.29, 0.717) is 17.0 Å². The molecule has 1 heterocycles. The van der Waals surface area contributed by atoms with E-state index in [1.165, 1.54) is 6.07 Å². The van der Waals surface area contributed by atoms with Crippen LogP contribution >= 0.6 is 0 Å². The maximum absolute atomic E-state index is 13.3. The molecule has 0 radical (unpaired) electrons. The van der Waals surface area contributed by atoms with Gasteiger partial charge in [0.15, 0.2) is 0 Å². The molecule has 0 aliphatic heterocycles. The molecule has 0 aliphatic rings. The first-order valence-electron chi connectivity index (χ1n) is 4.53. The smallest absolute Gasteiger partial charge is 0.146 e. The molecule has 1 aromatic heterocycles. The van der Waals surface area contributed by atoms with Crippen LogP contribution in [0.15, 0.2) is 12.1 Å². The van der Waals surface area contributed by atoms with Crippen molar-refractivity contribution < 1.29 is 4.39 Å². The van der Waals surface area contributed by atoms with Crippen molar-refractivity contribution in [2.75, 3.05) is 5.73 Å². The summed E-state index contributed by atoms with van der Waals surface area (Å²) < 4.78 is 13.3. The lowest BCUT2D eigenvalue weighted by Crippen LogP contribution is -1.98. The van der Waals surface area contributed by atoms with Crippen molar-refractivity contribution in [1.29, 1.82) is 0 Å². The largest absolute Gasteiger partial charge is 0.396 e. The lowest BCUT2D eigenvalue weighted by molar-refractivity contribution is 0.632. The Morgan fingerprint density at radius 1 is 1.27 bits per heavy atom. The third-order valence-corrected chi connectivity index (χ3v) is 2.36. The van der Waals surface area contributed by atoms with Gasteiger partial charge < -0.3 is 5.73 Å². The van der Waals surface area contributed by atoms with E-state index in [0.717, 1.165) is 5.56 Å². The van der Waals surface area contributed by atoms with Gasteiger partial charge in [0.25, 0.3) is 0 Å². The number of nitrogens with two attached hydrogens (primary N) is 1. The summed E-state index contributed by atoms with van der Waals surface area (Å²) in [5, 5.41) is 10.3. The van der Waals surface area contributed by atoms with Crippen molar-refractivity contribution in [3.63, 3.8) is 0 Å². The summed E-state index contributed by atoms with van der Waals surface area (Å²) in [5.41, 5.74) is 8.60. The molecule has 0 unspecified atom stereocenters. The van der Waals surface area contributed by atoms with E-state index in [-0.39, 0.29) is 5.69 Å². The number of aromatic amines is 1. The van der Waals surface area contributed by atoms with Gasteiger partial charge in [-0.15, -0.1) is 0 Å². The number of hydrogen-bond acceptors (Lipinski definition) is 3. The van der Waals surface area contributed by atoms with Gasteiger partial charge in [0.2, 0.25) is 0 Å². The molecule has 0 amide bonds. The number of benzene rings is 1. The van der Waals surface area contributed by atoms with E-state index >= 15 is 0 Å². The highest BCUT2D eigenvalue weighted by Gasteiger charge is 2.15. The Hall–Kier alpha value is -1.91. The standard InChI is InChI=1S/C10H11FN4/c1-5-3-4-7(11)9(12)8(5)10-6(2)13-15-14-10/h3-4H,12H2,1-2H3,(H,13,14,15). The third-order valence-electron chi connectivity index (χ3n) is 2.36. The fourth-order valence-corrected chi connectivity index (χ4v) is 1.54. The predicted octanol–water partition coefficient (Wildman–Crippen LogP) is 1.81. The van der Waals surface area contributed by atoms with Gasteiger partial charge in [-0.25, -0.2) is 4.39 Å². The Morgan fingerprint density at radius 2 is 2.00 bits per heavy atom. The zero-order valence-electron chi connectivity index (χ0n) is 8.50. The van der Waals surface area contributed by atoms with Crippen molar-refractivity contribution in [2.24, 2.45) is 0 Å². The Kier molecular flexibility index (Phi) is 2.15. The average Bonchev–Trinajstić information content (AvgIpc) is 2.60. The fourth-order valence-electron chi connectivity index (χ4n) is 1.54. The van der Waals surface area contributed by atoms with Crippen molar-refractivity contribution in [2.45, 2.75) is 13.8 Å². The van der Waals surface area contributed by atoms with Crippen LogP contribution in [0.3, 0.4) is 0 Å². The SMILES string of the molecule is Cc1ccc(F)c(N)c1-c1n[nH]nc1C. The number of aryl methyl sites for hydroxylation is 2. The van der Waals surface area contributed by atoms with Gasteiger partial charge in [-0.1, -0.05) is 6.07 Å². The Labute approximate surface area is 86.3 Å². The second-order valence-electron chi connectivity index (χ2n) is 3.41. The molecule has 78 valence electrons. The quantitative estimate of drug-likeness (QED) is 0.699. The molecule has 4 nitrogen and oxygen atoms in total. The highest BCUT2D eigenvalue weighted by Crippen LogP contribution is 2.30. The van der Waals surface area contributed by atoms with Gasteiger partial charge in [0, 0.05) is 5.56 Å². The van der Waals surface area contributed by atoms with Gasteiger partial charge in [-0.3, -0.25) is 0 Å². The summed E-state index contributed by atoms with van der Waals surface area (Å²) in [5.74, 6) is -0.432. The molecule has 0 bridgehead atoms. The molecule has 3 N–H and O–H groups in total. The summed E-state index contributed by atoms with van der Waals surface area (Å²) in [6.45, 7) is 3.65. The second kappa shape index (κ2) is 3.34. The lowest BCUT2D eigenvalue weighted by atomic mass is 10.0. The lowest BCUT2D eigenvalue weighted by Gasteiger charge is -2.07. The number of H-pyrrole nitrogens is 1. The van der Waals surface area contributed by atoms with E-state index in [4.69, 9.17) is 5.73 Å². The molecular formula is C10H11FN4. The van der Waals surface area contributed by atoms with Gasteiger partial charge in [-0.2, -0.15) is 15.4 Å². The maximum Gasteiger partial charge on any atom is 0.146 e. The predicted molar refractivity (Wildman–Crippen MR) is 55.7 cm³/mol. The van der Waals surface area contributed by atoms with Crippen LogP contribution in [0.1, 0.15) is 11.3 Å². The van der Waals surface area contributed by atoms with Crippen LogP contribution in [0.5, 0.6) is 0 Å². The van der Waals surface area contributed by atoms with Crippen LogP contribution in [-0.4, -0.2) is 15.4 Å². The van der Waals surface area contributed by atoms with E-state index in [9.17, 15) is 4.39 Å². The van der Waals surface area contributed by atoms with Gasteiger partial charge in [-0.05, 0) is 25.5 Å². The van der Waals surface area contributed by atoms with Crippen LogP contribution in [0.4, 0.5) is 10.1 Å². The number of nitrogen functional groups attached to an aromatic ring is 1. The van der Waals surface area contributed by atoms with Crippen LogP contribution in [0.25, 0.3) is 11.3 Å². The molecule has 15 heavy (non-hydrogen) atoms. The van der Waals surface area contributed by atoms with Gasteiger partial charge >= 0.3 is 0 Å². The van der Waals surface area contributed by atoms with Crippen LogP contribution in [-0.2, 0) is 0 Å². The summed E-state index contributed by atoms with van der Waals surface area (Å²) in [4.78, 5) is 0. The van der Waals surface area contributed by atoms with Crippen molar-refractivity contribution in [3.05, 3.63) is 29.2 Å². The Bertz CT molecular complexity index is 504. The number of nitrogens with one attached hydrogen (secondary N) is 1. The molecule has 5 heteroatoms. The number of nitrogens with zero attached hydrogens (tertiary/aromatic N) is 2. The van der Waals surface area contributed by atoms with Gasteiger partial charge in [0.05, 0.1) is 11.4 Å². The molecule has 2 rings (SSSR count). The minimum Gasteiger partial charge on any atom is -0.396 e.